The second-order valence-electron chi connectivity index (χ2n) is 7.87. The Morgan fingerprint density at radius 3 is 2.87 bits per heavy atom. The summed E-state index contributed by atoms with van der Waals surface area (Å²) >= 11 is 2.24. The number of piperazine rings is 1. The number of allylic oxidation sites excluding steroid dienone is 4. The van der Waals surface area contributed by atoms with Gasteiger partial charge in [-0.1, -0.05) is 59.0 Å². The smallest absolute Gasteiger partial charge is 0.128 e. The van der Waals surface area contributed by atoms with Crippen LogP contribution in [0, 0.1) is 4.91 Å². The molecule has 30 heavy (non-hydrogen) atoms. The van der Waals surface area contributed by atoms with E-state index in [0.29, 0.717) is 17.8 Å². The lowest BCUT2D eigenvalue weighted by Crippen LogP contribution is -2.55. The number of hydrogen-bond donors (Lipinski definition) is 0. The minimum absolute atomic E-state index is 0.369. The molecule has 160 valence electrons. The Kier molecular flexibility index (Phi) is 8.21. The topological polar surface area (TPSA) is 52.0 Å². The van der Waals surface area contributed by atoms with E-state index < -0.39 is 0 Å². The third-order valence-electron chi connectivity index (χ3n) is 5.85. The summed E-state index contributed by atoms with van der Waals surface area (Å²) in [5.74, 6) is 0.909. The van der Waals surface area contributed by atoms with Gasteiger partial charge in [-0.05, 0) is 41.7 Å². The van der Waals surface area contributed by atoms with Crippen molar-refractivity contribution < 1.29 is 0 Å². The maximum atomic E-state index is 10.6. The number of aromatic nitrogens is 1. The van der Waals surface area contributed by atoms with Gasteiger partial charge in [0.05, 0.1) is 12.2 Å². The molecule has 3 heterocycles. The Labute approximate surface area is 193 Å². The van der Waals surface area contributed by atoms with Crippen molar-refractivity contribution in [3.8, 4) is 0 Å². The van der Waals surface area contributed by atoms with Crippen LogP contribution in [0.1, 0.15) is 20.3 Å². The van der Waals surface area contributed by atoms with Gasteiger partial charge in [0.25, 0.3) is 0 Å². The number of pyridine rings is 1. The summed E-state index contributed by atoms with van der Waals surface area (Å²) in [4.78, 5) is 22.3. The fraction of sp³-hybridized carbons (Fsp3) is 0.435. The molecular formula is C23H30IN5O. The van der Waals surface area contributed by atoms with Crippen LogP contribution in [0.3, 0.4) is 0 Å². The standard InChI is InChI=1S/C23H30IN5O/c1-18(9-11-24)6-4-5-12-27-13-10-22(20(27)3)29-15-14-28(17-19(29)2)23-8-7-21(26-30)16-25-23/h4-9,11,16,19,22H,3,10,12-15,17H2,1-2H3/b5-4+,11-9-,18-6-/t19?,22-/m0/s1. The Bertz CT molecular complexity index is 833. The lowest BCUT2D eigenvalue weighted by molar-refractivity contribution is 0.148. The summed E-state index contributed by atoms with van der Waals surface area (Å²) < 4.78 is 2.03. The average Bonchev–Trinajstić information content (AvgIpc) is 3.11. The summed E-state index contributed by atoms with van der Waals surface area (Å²) in [6, 6.07) is 4.43. The molecule has 0 aliphatic carbocycles. The number of nitrogens with zero attached hydrogens (tertiary/aromatic N) is 5. The van der Waals surface area contributed by atoms with Crippen LogP contribution >= 0.6 is 22.6 Å². The zero-order chi connectivity index (χ0) is 21.5. The average molecular weight is 519 g/mol. The van der Waals surface area contributed by atoms with E-state index in [1.807, 2.05) is 10.1 Å². The van der Waals surface area contributed by atoms with Crippen molar-refractivity contribution in [3.05, 3.63) is 69.5 Å². The fourth-order valence-corrected chi connectivity index (χ4v) is 4.76. The van der Waals surface area contributed by atoms with Crippen molar-refractivity contribution in [2.24, 2.45) is 5.18 Å². The van der Waals surface area contributed by atoms with Crippen LogP contribution in [0.25, 0.3) is 0 Å². The monoisotopic (exact) mass is 519 g/mol. The van der Waals surface area contributed by atoms with Crippen LogP contribution in [-0.4, -0.2) is 59.6 Å². The highest BCUT2D eigenvalue weighted by atomic mass is 127. The maximum Gasteiger partial charge on any atom is 0.128 e. The number of hydrogen-bond acceptors (Lipinski definition) is 6. The third kappa shape index (κ3) is 5.57. The van der Waals surface area contributed by atoms with Crippen molar-refractivity contribution in [1.82, 2.24) is 14.8 Å². The van der Waals surface area contributed by atoms with E-state index in [1.165, 1.54) is 11.3 Å². The van der Waals surface area contributed by atoms with Gasteiger partial charge in [-0.3, -0.25) is 4.90 Å². The minimum Gasteiger partial charge on any atom is -0.370 e. The van der Waals surface area contributed by atoms with Crippen molar-refractivity contribution in [2.75, 3.05) is 37.6 Å². The van der Waals surface area contributed by atoms with Crippen LogP contribution in [0.4, 0.5) is 11.5 Å². The van der Waals surface area contributed by atoms with E-state index in [9.17, 15) is 4.91 Å². The first-order chi connectivity index (χ1) is 14.5. The molecule has 0 bridgehead atoms. The van der Waals surface area contributed by atoms with E-state index in [-0.39, 0.29) is 0 Å². The molecule has 6 nitrogen and oxygen atoms in total. The molecular weight excluding hydrogens is 489 g/mol. The second-order valence-corrected chi connectivity index (χ2v) is 8.59. The highest BCUT2D eigenvalue weighted by molar-refractivity contribution is 14.1. The Balaban J connectivity index is 1.54. The zero-order valence-corrected chi connectivity index (χ0v) is 19.9. The summed E-state index contributed by atoms with van der Waals surface area (Å²) in [7, 11) is 0. The van der Waals surface area contributed by atoms with Gasteiger partial charge in [0.2, 0.25) is 0 Å². The fourth-order valence-electron chi connectivity index (χ4n) is 4.19. The van der Waals surface area contributed by atoms with E-state index in [1.54, 1.807) is 12.3 Å². The van der Waals surface area contributed by atoms with Crippen LogP contribution in [0.5, 0.6) is 0 Å². The van der Waals surface area contributed by atoms with Crippen LogP contribution in [0.15, 0.2) is 69.7 Å². The van der Waals surface area contributed by atoms with Gasteiger partial charge >= 0.3 is 0 Å². The van der Waals surface area contributed by atoms with Crippen molar-refractivity contribution in [3.63, 3.8) is 0 Å². The molecule has 1 aromatic rings. The molecule has 2 aliphatic rings. The number of likely N-dealkylation sites (tertiary alicyclic amines) is 1. The molecule has 7 heteroatoms. The van der Waals surface area contributed by atoms with Gasteiger partial charge < -0.3 is 9.80 Å². The summed E-state index contributed by atoms with van der Waals surface area (Å²) in [6.45, 7) is 13.6. The largest absolute Gasteiger partial charge is 0.370 e. The van der Waals surface area contributed by atoms with Gasteiger partial charge in [0.1, 0.15) is 11.5 Å². The first-order valence-electron chi connectivity index (χ1n) is 10.4. The molecule has 2 fully saturated rings. The highest BCUT2D eigenvalue weighted by Gasteiger charge is 2.35. The Morgan fingerprint density at radius 2 is 2.20 bits per heavy atom. The predicted octanol–water partition coefficient (Wildman–Crippen LogP) is 5.03. The number of anilines is 1. The number of nitroso groups, excluding NO2 is 1. The van der Waals surface area contributed by atoms with E-state index in [2.05, 4.69) is 92.2 Å². The second kappa shape index (κ2) is 10.9. The molecule has 0 N–H and O–H groups in total. The summed E-state index contributed by atoms with van der Waals surface area (Å²) in [5, 5.41) is 2.93. The first-order valence-corrected chi connectivity index (χ1v) is 11.6. The molecule has 1 aromatic heterocycles. The third-order valence-corrected chi connectivity index (χ3v) is 6.21. The lowest BCUT2D eigenvalue weighted by atomic mass is 10.1. The zero-order valence-electron chi connectivity index (χ0n) is 17.7. The van der Waals surface area contributed by atoms with Gasteiger partial charge in [-0.2, -0.15) is 0 Å². The molecule has 0 radical (unpaired) electrons. The number of rotatable bonds is 7. The Morgan fingerprint density at radius 1 is 1.37 bits per heavy atom. The lowest BCUT2D eigenvalue weighted by Gasteiger charge is -2.43. The molecule has 2 aliphatic heterocycles. The molecule has 2 atom stereocenters. The first kappa shape index (κ1) is 22.7. The van der Waals surface area contributed by atoms with Crippen LogP contribution in [0.2, 0.25) is 0 Å². The minimum atomic E-state index is 0.369. The molecule has 0 aromatic carbocycles. The van der Waals surface area contributed by atoms with E-state index >= 15 is 0 Å². The van der Waals surface area contributed by atoms with E-state index in [4.69, 9.17) is 0 Å². The summed E-state index contributed by atoms with van der Waals surface area (Å²) in [5.41, 5.74) is 2.85. The molecule has 3 rings (SSSR count). The maximum absolute atomic E-state index is 10.6. The molecule has 0 saturated carbocycles. The van der Waals surface area contributed by atoms with Crippen molar-refractivity contribution in [2.45, 2.75) is 32.4 Å². The summed E-state index contributed by atoms with van der Waals surface area (Å²) in [6.07, 6.45) is 11.2. The quantitative estimate of drug-likeness (QED) is 0.288. The van der Waals surface area contributed by atoms with Crippen molar-refractivity contribution >= 4 is 34.1 Å². The van der Waals surface area contributed by atoms with Crippen molar-refractivity contribution in [1.29, 1.82) is 0 Å². The highest BCUT2D eigenvalue weighted by Crippen LogP contribution is 2.29. The molecule has 0 amide bonds. The van der Waals surface area contributed by atoms with Gasteiger partial charge in [-0.15, -0.1) is 4.91 Å². The molecule has 2 saturated heterocycles. The molecule has 0 spiro atoms. The SMILES string of the molecule is C=C1[C@@H](N2CCN(c3ccc(N=O)cn3)CC2C)CCN1C/C=C/C=C(C)\C=C/I. The Hall–Kier alpha value is -2.00. The van der Waals surface area contributed by atoms with E-state index in [0.717, 1.165) is 45.0 Å². The van der Waals surface area contributed by atoms with Gasteiger partial charge in [-0.25, -0.2) is 4.98 Å². The van der Waals surface area contributed by atoms with Gasteiger partial charge in [0.15, 0.2) is 0 Å². The predicted molar refractivity (Wildman–Crippen MR) is 133 cm³/mol. The van der Waals surface area contributed by atoms with Gasteiger partial charge in [0, 0.05) is 44.5 Å². The molecule has 1 unspecified atom stereocenters. The van der Waals surface area contributed by atoms with Crippen LogP contribution < -0.4 is 4.90 Å². The number of halogens is 1. The normalized spacial score (nSPS) is 23.8. The van der Waals surface area contributed by atoms with Crippen LogP contribution in [-0.2, 0) is 0 Å².